The van der Waals surface area contributed by atoms with Gasteiger partial charge in [0.05, 0.1) is 5.69 Å². The number of aryl methyl sites for hydroxylation is 1. The van der Waals surface area contributed by atoms with Gasteiger partial charge in [-0.05, 0) is 48.7 Å². The molecule has 4 aromatic rings. The van der Waals surface area contributed by atoms with Crippen molar-refractivity contribution >= 4 is 23.3 Å². The summed E-state index contributed by atoms with van der Waals surface area (Å²) in [5.41, 5.74) is 2.50. The minimum atomic E-state index is -0.442. The molecule has 142 valence electrons. The van der Waals surface area contributed by atoms with Crippen LogP contribution >= 0.6 is 0 Å². The van der Waals surface area contributed by atoms with Crippen molar-refractivity contribution in [2.75, 3.05) is 0 Å². The topological polar surface area (TPSA) is 58.9 Å². The van der Waals surface area contributed by atoms with Gasteiger partial charge in [0.1, 0.15) is 5.52 Å². The van der Waals surface area contributed by atoms with Crippen LogP contribution < -0.4 is 0 Å². The van der Waals surface area contributed by atoms with Crippen molar-refractivity contribution in [3.63, 3.8) is 0 Å². The second-order valence-corrected chi connectivity index (χ2v) is 8.52. The van der Waals surface area contributed by atoms with Crippen molar-refractivity contribution in [1.29, 1.82) is 5.26 Å². The fraction of sp³-hybridized carbons (Fsp3) is 0.286. The van der Waals surface area contributed by atoms with Gasteiger partial charge < -0.3 is 4.40 Å². The average molecular weight is 387 g/mol. The van der Waals surface area contributed by atoms with Crippen LogP contribution in [0.4, 0.5) is 8.78 Å². The second kappa shape index (κ2) is 5.44. The van der Waals surface area contributed by atoms with E-state index in [-0.39, 0.29) is 17.8 Å². The molecule has 1 saturated carbocycles. The number of aromatic nitrogens is 4. The molecule has 0 spiro atoms. The van der Waals surface area contributed by atoms with E-state index in [1.807, 2.05) is 12.3 Å². The van der Waals surface area contributed by atoms with E-state index >= 15 is 0 Å². The first-order valence-corrected chi connectivity index (χ1v) is 9.67. The maximum atomic E-state index is 14.9. The Morgan fingerprint density at radius 1 is 1.14 bits per heavy atom. The third-order valence-electron chi connectivity index (χ3n) is 6.71. The number of imidazole rings is 1. The monoisotopic (exact) mass is 387 g/mol. The smallest absolute Gasteiger partial charge is 0.272 e. The van der Waals surface area contributed by atoms with Gasteiger partial charge in [0.25, 0.3) is 6.71 Å². The minimum Gasteiger partial charge on any atom is -0.304 e. The predicted octanol–water partition coefficient (Wildman–Crippen LogP) is 4.14. The van der Waals surface area contributed by atoms with Crippen molar-refractivity contribution in [2.45, 2.75) is 30.4 Å². The van der Waals surface area contributed by atoms with Gasteiger partial charge in [-0.25, -0.2) is 19.0 Å². The fourth-order valence-electron chi connectivity index (χ4n) is 5.30. The van der Waals surface area contributed by atoms with Crippen LogP contribution in [-0.2, 0) is 12.5 Å². The van der Waals surface area contributed by atoms with E-state index in [1.165, 1.54) is 12.1 Å². The van der Waals surface area contributed by atoms with Gasteiger partial charge in [-0.2, -0.15) is 5.10 Å². The summed E-state index contributed by atoms with van der Waals surface area (Å²) in [6.45, 7) is 0.0782. The fourth-order valence-corrected chi connectivity index (χ4v) is 5.30. The Bertz CT molecular complexity index is 1360. The van der Waals surface area contributed by atoms with Crippen LogP contribution in [0.1, 0.15) is 18.5 Å². The molecule has 3 aromatic heterocycles. The van der Waals surface area contributed by atoms with Crippen LogP contribution in [0.3, 0.4) is 0 Å². The van der Waals surface area contributed by atoms with Crippen molar-refractivity contribution < 1.29 is 8.78 Å². The molecule has 29 heavy (non-hydrogen) atoms. The zero-order chi connectivity index (χ0) is 19.9. The Kier molecular flexibility index (Phi) is 3.14. The summed E-state index contributed by atoms with van der Waals surface area (Å²) in [5, 5.41) is 14.1. The summed E-state index contributed by atoms with van der Waals surface area (Å²) in [6.07, 6.45) is 8.10. The summed E-state index contributed by atoms with van der Waals surface area (Å²) in [7, 11) is 1.74. The number of fused-ring (bicyclic) bond motifs is 3. The molecule has 2 bridgehead atoms. The molecule has 5 nitrogen and oxygen atoms in total. The zero-order valence-electron chi connectivity index (χ0n) is 15.7. The summed E-state index contributed by atoms with van der Waals surface area (Å²) >= 11 is 0. The highest BCUT2D eigenvalue weighted by Gasteiger charge is 2.60. The lowest BCUT2D eigenvalue weighted by Crippen LogP contribution is -2.30. The number of hydrogen-bond donors (Lipinski definition) is 0. The molecule has 0 atom stereocenters. The lowest BCUT2D eigenvalue weighted by molar-refractivity contribution is 0.301. The van der Waals surface area contributed by atoms with Gasteiger partial charge in [-0.3, -0.25) is 4.68 Å². The third kappa shape index (κ3) is 2.24. The van der Waals surface area contributed by atoms with E-state index in [4.69, 9.17) is 0 Å². The molecule has 1 aliphatic carbocycles. The molecule has 2 saturated heterocycles. The van der Waals surface area contributed by atoms with E-state index in [9.17, 15) is 14.0 Å². The number of benzene rings is 1. The number of pyridine rings is 1. The molecule has 0 unspecified atom stereocenters. The van der Waals surface area contributed by atoms with Crippen LogP contribution in [0.15, 0.2) is 36.8 Å². The van der Waals surface area contributed by atoms with Gasteiger partial charge in [0.2, 0.25) is 0 Å². The first-order chi connectivity index (χ1) is 14.0. The summed E-state index contributed by atoms with van der Waals surface area (Å²) < 4.78 is 32.6. The first kappa shape index (κ1) is 16.7. The molecule has 8 heteroatoms. The molecule has 2 aliphatic heterocycles. The van der Waals surface area contributed by atoms with Crippen molar-refractivity contribution in [3.8, 4) is 17.1 Å². The maximum absolute atomic E-state index is 14.9. The van der Waals surface area contributed by atoms with Gasteiger partial charge in [-0.1, -0.05) is 0 Å². The average Bonchev–Trinajstić information content (AvgIpc) is 3.40. The highest BCUT2D eigenvalue weighted by molar-refractivity contribution is 6.70. The van der Waals surface area contributed by atoms with Gasteiger partial charge in [0, 0.05) is 48.0 Å². The number of nitriles is 1. The normalized spacial score (nSPS) is 23.0. The SMILES string of the molecule is Cn1cc2cc(-c3cc(F)c4nc(C56CB(C#N)C(C5)C6)cn4c3)cc(F)c2n1. The molecule has 0 radical (unpaired) electrons. The maximum Gasteiger partial charge on any atom is 0.272 e. The van der Waals surface area contributed by atoms with Crippen molar-refractivity contribution in [3.05, 3.63) is 54.1 Å². The Morgan fingerprint density at radius 2 is 1.93 bits per heavy atom. The van der Waals surface area contributed by atoms with Gasteiger partial charge >= 0.3 is 0 Å². The molecule has 3 fully saturated rings. The van der Waals surface area contributed by atoms with Crippen LogP contribution in [0.25, 0.3) is 27.7 Å². The third-order valence-corrected chi connectivity index (χ3v) is 6.71. The van der Waals surface area contributed by atoms with E-state index in [2.05, 4.69) is 16.1 Å². The van der Waals surface area contributed by atoms with Gasteiger partial charge in [-0.15, -0.1) is 0 Å². The van der Waals surface area contributed by atoms with Crippen molar-refractivity contribution in [1.82, 2.24) is 19.2 Å². The molecule has 3 aliphatic rings. The lowest BCUT2D eigenvalue weighted by Gasteiger charge is -2.37. The van der Waals surface area contributed by atoms with E-state index in [0.717, 1.165) is 24.9 Å². The summed E-state index contributed by atoms with van der Waals surface area (Å²) in [5.74, 6) is 1.97. The molecule has 0 amide bonds. The van der Waals surface area contributed by atoms with E-state index in [0.29, 0.717) is 27.8 Å². The van der Waals surface area contributed by atoms with Gasteiger partial charge in [0.15, 0.2) is 17.3 Å². The summed E-state index contributed by atoms with van der Waals surface area (Å²) in [4.78, 5) is 4.57. The second-order valence-electron chi connectivity index (χ2n) is 8.52. The predicted molar refractivity (Wildman–Crippen MR) is 106 cm³/mol. The van der Waals surface area contributed by atoms with Crippen LogP contribution in [-0.4, -0.2) is 25.9 Å². The standard InChI is InChI=1S/C21H16BF2N5/c1-28-7-14-2-12(3-16(23)19(14)27-28)13-4-17(24)20-26-18(9-29(20)8-13)21-5-15(6-21)22(10-21)11-25/h2-4,7-9,15H,5-6,10H2,1H3. The summed E-state index contributed by atoms with van der Waals surface area (Å²) in [6, 6.07) is 4.60. The molecular formula is C21H16BF2N5. The highest BCUT2D eigenvalue weighted by atomic mass is 19.1. The van der Waals surface area contributed by atoms with E-state index in [1.54, 1.807) is 28.5 Å². The molecule has 7 rings (SSSR count). The number of rotatable bonds is 2. The number of nitrogens with zero attached hydrogens (tertiary/aromatic N) is 5. The molecular weight excluding hydrogens is 371 g/mol. The number of halogens is 2. The number of hydrogen-bond acceptors (Lipinski definition) is 3. The molecule has 0 N–H and O–H groups in total. The quantitative estimate of drug-likeness (QED) is 0.486. The largest absolute Gasteiger partial charge is 0.304 e. The zero-order valence-corrected chi connectivity index (χ0v) is 15.7. The lowest BCUT2D eigenvalue weighted by atomic mass is 9.45. The minimum absolute atomic E-state index is 0.0782. The highest BCUT2D eigenvalue weighted by Crippen LogP contribution is 2.62. The Labute approximate surface area is 165 Å². The van der Waals surface area contributed by atoms with Crippen LogP contribution in [0.2, 0.25) is 12.1 Å². The Morgan fingerprint density at radius 3 is 2.69 bits per heavy atom. The van der Waals surface area contributed by atoms with E-state index < -0.39 is 11.6 Å². The van der Waals surface area contributed by atoms with Crippen molar-refractivity contribution in [2.24, 2.45) is 7.05 Å². The van der Waals surface area contributed by atoms with Crippen LogP contribution in [0, 0.1) is 22.9 Å². The Hall–Kier alpha value is -3.21. The molecule has 1 aromatic carbocycles. The first-order valence-electron chi connectivity index (χ1n) is 9.67. The molecule has 5 heterocycles. The Balaban J connectivity index is 1.46. The van der Waals surface area contributed by atoms with Crippen LogP contribution in [0.5, 0.6) is 0 Å².